The molecule has 0 radical (unpaired) electrons. The van der Waals surface area contributed by atoms with Crippen LogP contribution in [-0.2, 0) is 4.79 Å². The van der Waals surface area contributed by atoms with E-state index >= 15 is 0 Å². The Labute approximate surface area is 179 Å². The quantitative estimate of drug-likeness (QED) is 0.395. The van der Waals surface area contributed by atoms with Crippen LogP contribution in [0.5, 0.6) is 5.75 Å². The number of nitrogens with zero attached hydrogens (tertiary/aromatic N) is 1. The summed E-state index contributed by atoms with van der Waals surface area (Å²) < 4.78 is 5.61. The molecule has 1 amide bonds. The van der Waals surface area contributed by atoms with E-state index in [1.54, 1.807) is 18.2 Å². The van der Waals surface area contributed by atoms with Crippen LogP contribution in [0.25, 0.3) is 0 Å². The third-order valence-electron chi connectivity index (χ3n) is 4.97. The van der Waals surface area contributed by atoms with E-state index in [1.165, 1.54) is 57.8 Å². The Kier molecular flexibility index (Phi) is 11.4. The van der Waals surface area contributed by atoms with Gasteiger partial charge in [-0.3, -0.25) is 4.79 Å². The Hall–Kier alpha value is -1.26. The summed E-state index contributed by atoms with van der Waals surface area (Å²) in [7, 11) is 0. The zero-order chi connectivity index (χ0) is 20.0. The Morgan fingerprint density at radius 3 is 2.18 bits per heavy atom. The standard InChI is InChI=1S/C22H32Cl2N2O2/c23-18-14-15-21(20(24)17-18)28-16-10-13-22(27)26-25-19-11-8-6-4-2-1-3-5-7-9-12-19/h14-15,17H,1-13,16H2,(H,26,27). The van der Waals surface area contributed by atoms with Crippen molar-refractivity contribution in [3.05, 3.63) is 28.2 Å². The van der Waals surface area contributed by atoms with E-state index in [0.29, 0.717) is 35.2 Å². The highest BCUT2D eigenvalue weighted by molar-refractivity contribution is 6.35. The summed E-state index contributed by atoms with van der Waals surface area (Å²) in [5.74, 6) is 0.518. The summed E-state index contributed by atoms with van der Waals surface area (Å²) in [6.45, 7) is 0.422. The van der Waals surface area contributed by atoms with Crippen molar-refractivity contribution in [2.24, 2.45) is 5.10 Å². The van der Waals surface area contributed by atoms with Gasteiger partial charge < -0.3 is 4.74 Å². The van der Waals surface area contributed by atoms with Gasteiger partial charge in [-0.2, -0.15) is 5.10 Å². The first-order chi connectivity index (χ1) is 13.6. The second-order valence-electron chi connectivity index (χ2n) is 7.42. The molecule has 0 saturated heterocycles. The van der Waals surface area contributed by atoms with Gasteiger partial charge in [-0.05, 0) is 50.3 Å². The number of ether oxygens (including phenoxy) is 1. The topological polar surface area (TPSA) is 50.7 Å². The van der Waals surface area contributed by atoms with Crippen molar-refractivity contribution in [3.63, 3.8) is 0 Å². The van der Waals surface area contributed by atoms with Crippen LogP contribution in [0.15, 0.2) is 23.3 Å². The second kappa shape index (κ2) is 13.8. The first-order valence-corrected chi connectivity index (χ1v) is 11.3. The van der Waals surface area contributed by atoms with Crippen LogP contribution in [0.4, 0.5) is 0 Å². The average Bonchev–Trinajstić information content (AvgIpc) is 2.66. The molecule has 2 rings (SSSR count). The monoisotopic (exact) mass is 426 g/mol. The molecule has 1 N–H and O–H groups in total. The van der Waals surface area contributed by atoms with Crippen molar-refractivity contribution in [1.29, 1.82) is 0 Å². The molecule has 6 heteroatoms. The first kappa shape index (κ1) is 23.0. The normalized spacial score (nSPS) is 16.6. The fourth-order valence-corrected chi connectivity index (χ4v) is 3.80. The number of carbonyl (C=O) groups is 1. The lowest BCUT2D eigenvalue weighted by atomic mass is 10.00. The number of hydrazone groups is 1. The summed E-state index contributed by atoms with van der Waals surface area (Å²) in [5, 5.41) is 5.46. The van der Waals surface area contributed by atoms with Gasteiger partial charge in [0.2, 0.25) is 5.91 Å². The fraction of sp³-hybridized carbons (Fsp3) is 0.636. The molecule has 156 valence electrons. The molecule has 0 aromatic heterocycles. The van der Waals surface area contributed by atoms with E-state index < -0.39 is 0 Å². The molecule has 28 heavy (non-hydrogen) atoms. The van der Waals surface area contributed by atoms with Crippen LogP contribution in [0.1, 0.15) is 83.5 Å². The molecule has 4 nitrogen and oxygen atoms in total. The van der Waals surface area contributed by atoms with Crippen molar-refractivity contribution in [2.45, 2.75) is 83.5 Å². The second-order valence-corrected chi connectivity index (χ2v) is 8.27. The van der Waals surface area contributed by atoms with Crippen LogP contribution in [0.3, 0.4) is 0 Å². The molecule has 1 aromatic rings. The van der Waals surface area contributed by atoms with Gasteiger partial charge in [0.05, 0.1) is 11.6 Å². The van der Waals surface area contributed by atoms with Crippen molar-refractivity contribution >= 4 is 34.8 Å². The molecule has 1 fully saturated rings. The molecule has 0 heterocycles. The van der Waals surface area contributed by atoms with Crippen molar-refractivity contribution in [3.8, 4) is 5.75 Å². The van der Waals surface area contributed by atoms with Gasteiger partial charge in [-0.15, -0.1) is 0 Å². The van der Waals surface area contributed by atoms with Crippen molar-refractivity contribution in [1.82, 2.24) is 5.43 Å². The maximum atomic E-state index is 12.1. The maximum absolute atomic E-state index is 12.1. The van der Waals surface area contributed by atoms with Gasteiger partial charge in [0.1, 0.15) is 5.75 Å². The smallest absolute Gasteiger partial charge is 0.240 e. The van der Waals surface area contributed by atoms with E-state index in [-0.39, 0.29) is 5.91 Å². The van der Waals surface area contributed by atoms with E-state index in [9.17, 15) is 4.79 Å². The third-order valence-corrected chi connectivity index (χ3v) is 5.50. The molecular weight excluding hydrogens is 395 g/mol. The molecule has 1 aliphatic carbocycles. The number of hydrogen-bond acceptors (Lipinski definition) is 3. The number of halogens is 2. The van der Waals surface area contributed by atoms with Crippen molar-refractivity contribution in [2.75, 3.05) is 6.61 Å². The minimum Gasteiger partial charge on any atom is -0.492 e. The molecule has 0 unspecified atom stereocenters. The van der Waals surface area contributed by atoms with E-state index in [1.807, 2.05) is 0 Å². The predicted octanol–water partition coefficient (Wildman–Crippen LogP) is 6.93. The van der Waals surface area contributed by atoms with E-state index in [0.717, 1.165) is 18.6 Å². The van der Waals surface area contributed by atoms with Gasteiger partial charge in [-0.25, -0.2) is 5.43 Å². The van der Waals surface area contributed by atoms with E-state index in [2.05, 4.69) is 10.5 Å². The van der Waals surface area contributed by atoms with Crippen LogP contribution >= 0.6 is 23.2 Å². The summed E-state index contributed by atoms with van der Waals surface area (Å²) in [4.78, 5) is 12.1. The molecule has 0 aliphatic heterocycles. The van der Waals surface area contributed by atoms with Gasteiger partial charge in [0, 0.05) is 17.2 Å². The van der Waals surface area contributed by atoms with Crippen LogP contribution in [0.2, 0.25) is 10.0 Å². The number of rotatable bonds is 6. The molecule has 0 atom stereocenters. The predicted molar refractivity (Wildman–Crippen MR) is 118 cm³/mol. The number of carbonyl (C=O) groups excluding carboxylic acids is 1. The lowest BCUT2D eigenvalue weighted by Gasteiger charge is -2.10. The zero-order valence-corrected chi connectivity index (χ0v) is 18.2. The van der Waals surface area contributed by atoms with Crippen LogP contribution < -0.4 is 10.2 Å². The molecule has 1 aliphatic rings. The molecule has 1 aromatic carbocycles. The van der Waals surface area contributed by atoms with Gasteiger partial charge in [0.15, 0.2) is 0 Å². The molecular formula is C22H32Cl2N2O2. The summed E-state index contributed by atoms with van der Waals surface area (Å²) in [6, 6.07) is 5.11. The number of benzene rings is 1. The highest BCUT2D eigenvalue weighted by Gasteiger charge is 2.06. The largest absolute Gasteiger partial charge is 0.492 e. The Morgan fingerprint density at radius 1 is 0.964 bits per heavy atom. The van der Waals surface area contributed by atoms with Gasteiger partial charge in [0.25, 0.3) is 0 Å². The van der Waals surface area contributed by atoms with Crippen LogP contribution in [0, 0.1) is 0 Å². The van der Waals surface area contributed by atoms with E-state index in [4.69, 9.17) is 27.9 Å². The van der Waals surface area contributed by atoms with Crippen molar-refractivity contribution < 1.29 is 9.53 Å². The number of nitrogens with one attached hydrogen (secondary N) is 1. The SMILES string of the molecule is O=C(CCCOc1ccc(Cl)cc1Cl)NN=C1CCCCCCCCCCC1. The molecule has 0 spiro atoms. The zero-order valence-electron chi connectivity index (χ0n) is 16.7. The minimum atomic E-state index is -0.0654. The van der Waals surface area contributed by atoms with Gasteiger partial charge in [-0.1, -0.05) is 68.1 Å². The number of amides is 1. The summed E-state index contributed by atoms with van der Waals surface area (Å²) >= 11 is 11.9. The number of hydrogen-bond donors (Lipinski definition) is 1. The first-order valence-electron chi connectivity index (χ1n) is 10.6. The Balaban J connectivity index is 1.68. The van der Waals surface area contributed by atoms with Crippen LogP contribution in [-0.4, -0.2) is 18.2 Å². The Bertz CT molecular complexity index is 621. The fourth-order valence-electron chi connectivity index (χ4n) is 3.34. The van der Waals surface area contributed by atoms with Gasteiger partial charge >= 0.3 is 0 Å². The average molecular weight is 427 g/mol. The molecule has 1 saturated carbocycles. The summed E-state index contributed by atoms with van der Waals surface area (Å²) in [6.07, 6.45) is 14.6. The Morgan fingerprint density at radius 2 is 1.57 bits per heavy atom. The maximum Gasteiger partial charge on any atom is 0.240 e. The highest BCUT2D eigenvalue weighted by Crippen LogP contribution is 2.27. The third kappa shape index (κ3) is 9.79. The summed E-state index contributed by atoms with van der Waals surface area (Å²) in [5.41, 5.74) is 3.87. The lowest BCUT2D eigenvalue weighted by molar-refractivity contribution is -0.121. The lowest BCUT2D eigenvalue weighted by Crippen LogP contribution is -2.20. The molecule has 0 bridgehead atoms. The minimum absolute atomic E-state index is 0.0654. The highest BCUT2D eigenvalue weighted by atomic mass is 35.5.